The van der Waals surface area contributed by atoms with Crippen molar-refractivity contribution in [2.75, 3.05) is 24.4 Å². The maximum absolute atomic E-state index is 12.5. The van der Waals surface area contributed by atoms with Crippen molar-refractivity contribution in [3.8, 4) is 0 Å². The van der Waals surface area contributed by atoms with E-state index in [2.05, 4.69) is 10.3 Å². The second-order valence-electron chi connectivity index (χ2n) is 5.79. The fraction of sp³-hybridized carbons (Fsp3) is 0.0952. The highest BCUT2D eigenvalue weighted by Crippen LogP contribution is 2.22. The molecule has 27 heavy (non-hydrogen) atoms. The molecule has 6 nitrogen and oxygen atoms in total. The highest BCUT2D eigenvalue weighted by atomic mass is 16.5. The van der Waals surface area contributed by atoms with E-state index in [1.165, 1.54) is 7.11 Å². The lowest BCUT2D eigenvalue weighted by molar-refractivity contribution is 0.0602. The minimum Gasteiger partial charge on any atom is -0.465 e. The Bertz CT molecular complexity index is 940. The highest BCUT2D eigenvalue weighted by Gasteiger charge is 2.15. The topological polar surface area (TPSA) is 71.5 Å². The third-order valence-electron chi connectivity index (χ3n) is 4.09. The van der Waals surface area contributed by atoms with Crippen LogP contribution in [0.5, 0.6) is 0 Å². The van der Waals surface area contributed by atoms with Crippen LogP contribution in [0.2, 0.25) is 0 Å². The number of nitrogens with one attached hydrogen (secondary N) is 1. The zero-order valence-electron chi connectivity index (χ0n) is 15.0. The number of para-hydroxylation sites is 2. The van der Waals surface area contributed by atoms with Gasteiger partial charge in [0.15, 0.2) is 0 Å². The first-order chi connectivity index (χ1) is 13.1. The Kier molecular flexibility index (Phi) is 5.47. The normalized spacial score (nSPS) is 10.1. The average Bonchev–Trinajstić information content (AvgIpc) is 2.73. The number of amides is 1. The lowest BCUT2D eigenvalue weighted by Crippen LogP contribution is -2.17. The van der Waals surface area contributed by atoms with Gasteiger partial charge in [-0.15, -0.1) is 0 Å². The van der Waals surface area contributed by atoms with E-state index in [4.69, 9.17) is 4.74 Å². The average molecular weight is 361 g/mol. The summed E-state index contributed by atoms with van der Waals surface area (Å²) in [5.41, 5.74) is 2.78. The number of ether oxygens (including phenoxy) is 1. The largest absolute Gasteiger partial charge is 0.465 e. The van der Waals surface area contributed by atoms with Crippen LogP contribution in [0.25, 0.3) is 0 Å². The van der Waals surface area contributed by atoms with Gasteiger partial charge in [0.2, 0.25) is 0 Å². The molecule has 3 aromatic rings. The van der Waals surface area contributed by atoms with E-state index in [1.807, 2.05) is 48.3 Å². The van der Waals surface area contributed by atoms with Crippen molar-refractivity contribution in [3.05, 3.63) is 84.2 Å². The van der Waals surface area contributed by atoms with Gasteiger partial charge in [0.05, 0.1) is 30.2 Å². The van der Waals surface area contributed by atoms with Gasteiger partial charge in [0.25, 0.3) is 5.91 Å². The molecule has 0 spiro atoms. The molecule has 0 aliphatic carbocycles. The second kappa shape index (κ2) is 8.14. The fourth-order valence-corrected chi connectivity index (χ4v) is 2.59. The maximum Gasteiger partial charge on any atom is 0.339 e. The van der Waals surface area contributed by atoms with Gasteiger partial charge in [0.1, 0.15) is 5.69 Å². The van der Waals surface area contributed by atoms with Crippen molar-refractivity contribution < 1.29 is 14.3 Å². The molecular weight excluding hydrogens is 342 g/mol. The van der Waals surface area contributed by atoms with E-state index in [0.29, 0.717) is 5.69 Å². The van der Waals surface area contributed by atoms with Gasteiger partial charge in [-0.2, -0.15) is 0 Å². The molecule has 1 amide bonds. The van der Waals surface area contributed by atoms with E-state index in [-0.39, 0.29) is 11.3 Å². The lowest BCUT2D eigenvalue weighted by Gasteiger charge is -2.19. The molecular formula is C21H19N3O3. The summed E-state index contributed by atoms with van der Waals surface area (Å²) >= 11 is 0. The van der Waals surface area contributed by atoms with Crippen molar-refractivity contribution in [3.63, 3.8) is 0 Å². The number of carbonyl (C=O) groups is 2. The Balaban J connectivity index is 1.76. The third kappa shape index (κ3) is 4.12. The summed E-state index contributed by atoms with van der Waals surface area (Å²) in [6.45, 7) is 0. The van der Waals surface area contributed by atoms with Crippen molar-refractivity contribution in [2.45, 2.75) is 0 Å². The number of rotatable bonds is 5. The smallest absolute Gasteiger partial charge is 0.339 e. The van der Waals surface area contributed by atoms with Crippen LogP contribution in [0.1, 0.15) is 20.8 Å². The van der Waals surface area contributed by atoms with Crippen molar-refractivity contribution in [1.29, 1.82) is 0 Å². The molecule has 0 bridgehead atoms. The number of hydrogen-bond donors (Lipinski definition) is 1. The molecule has 0 radical (unpaired) electrons. The standard InChI is InChI=1S/C21H19N3O3/c1-24(15-8-4-3-5-9-15)16-12-13-19(22-14-16)20(25)23-18-11-7-6-10-17(18)21(26)27-2/h3-14H,1-2H3,(H,23,25). The third-order valence-corrected chi connectivity index (χ3v) is 4.09. The number of methoxy groups -OCH3 is 1. The molecule has 0 unspecified atom stereocenters. The first-order valence-electron chi connectivity index (χ1n) is 8.33. The molecule has 136 valence electrons. The van der Waals surface area contributed by atoms with E-state index in [1.54, 1.807) is 36.5 Å². The van der Waals surface area contributed by atoms with Crippen LogP contribution < -0.4 is 10.2 Å². The molecule has 6 heteroatoms. The number of anilines is 3. The monoisotopic (exact) mass is 361 g/mol. The Morgan fingerprint density at radius 3 is 2.30 bits per heavy atom. The molecule has 1 N–H and O–H groups in total. The number of esters is 1. The molecule has 0 saturated carbocycles. The van der Waals surface area contributed by atoms with Crippen LogP contribution in [0, 0.1) is 0 Å². The van der Waals surface area contributed by atoms with Crippen LogP contribution in [-0.2, 0) is 4.74 Å². The molecule has 1 aromatic heterocycles. The number of nitrogens with zero attached hydrogens (tertiary/aromatic N) is 2. The summed E-state index contributed by atoms with van der Waals surface area (Å²) in [5, 5.41) is 2.71. The van der Waals surface area contributed by atoms with Crippen LogP contribution in [-0.4, -0.2) is 31.0 Å². The molecule has 0 fully saturated rings. The van der Waals surface area contributed by atoms with Gasteiger partial charge in [-0.25, -0.2) is 9.78 Å². The van der Waals surface area contributed by atoms with E-state index < -0.39 is 11.9 Å². The molecule has 0 saturated heterocycles. The minimum absolute atomic E-state index is 0.250. The van der Waals surface area contributed by atoms with Crippen LogP contribution in [0.4, 0.5) is 17.1 Å². The zero-order valence-corrected chi connectivity index (χ0v) is 15.0. The Morgan fingerprint density at radius 1 is 0.926 bits per heavy atom. The molecule has 3 rings (SSSR count). The summed E-state index contributed by atoms with van der Waals surface area (Å²) in [5.74, 6) is -0.918. The van der Waals surface area contributed by atoms with Crippen LogP contribution in [0.3, 0.4) is 0 Å². The predicted octanol–water partition coefficient (Wildman–Crippen LogP) is 3.89. The first-order valence-corrected chi connectivity index (χ1v) is 8.33. The lowest BCUT2D eigenvalue weighted by atomic mass is 10.1. The van der Waals surface area contributed by atoms with Gasteiger partial charge in [0, 0.05) is 12.7 Å². The van der Waals surface area contributed by atoms with E-state index >= 15 is 0 Å². The number of benzene rings is 2. The van der Waals surface area contributed by atoms with Gasteiger partial charge in [-0.3, -0.25) is 4.79 Å². The number of hydrogen-bond acceptors (Lipinski definition) is 5. The highest BCUT2D eigenvalue weighted by molar-refractivity contribution is 6.07. The summed E-state index contributed by atoms with van der Waals surface area (Å²) in [6, 6.07) is 20.0. The number of carbonyl (C=O) groups excluding carboxylic acids is 2. The quantitative estimate of drug-likeness (QED) is 0.698. The summed E-state index contributed by atoms with van der Waals surface area (Å²) in [7, 11) is 3.23. The molecule has 0 atom stereocenters. The molecule has 0 aliphatic heterocycles. The minimum atomic E-state index is -0.515. The second-order valence-corrected chi connectivity index (χ2v) is 5.79. The van der Waals surface area contributed by atoms with Crippen molar-refractivity contribution >= 4 is 28.9 Å². The number of aromatic nitrogens is 1. The summed E-state index contributed by atoms with van der Waals surface area (Å²) in [6.07, 6.45) is 1.63. The Hall–Kier alpha value is -3.67. The van der Waals surface area contributed by atoms with Crippen molar-refractivity contribution in [2.24, 2.45) is 0 Å². The van der Waals surface area contributed by atoms with Crippen LogP contribution in [0.15, 0.2) is 72.9 Å². The molecule has 1 heterocycles. The fourth-order valence-electron chi connectivity index (χ4n) is 2.59. The predicted molar refractivity (Wildman–Crippen MR) is 104 cm³/mol. The Morgan fingerprint density at radius 2 is 1.63 bits per heavy atom. The van der Waals surface area contributed by atoms with Gasteiger partial charge >= 0.3 is 5.97 Å². The molecule has 0 aliphatic rings. The maximum atomic E-state index is 12.5. The van der Waals surface area contributed by atoms with Crippen molar-refractivity contribution in [1.82, 2.24) is 4.98 Å². The van der Waals surface area contributed by atoms with Gasteiger partial charge in [-0.05, 0) is 36.4 Å². The van der Waals surface area contributed by atoms with Gasteiger partial charge < -0.3 is 15.0 Å². The first kappa shape index (κ1) is 18.1. The summed E-state index contributed by atoms with van der Waals surface area (Å²) in [4.78, 5) is 30.5. The van der Waals surface area contributed by atoms with E-state index in [0.717, 1.165) is 11.4 Å². The van der Waals surface area contributed by atoms with E-state index in [9.17, 15) is 9.59 Å². The SMILES string of the molecule is COC(=O)c1ccccc1NC(=O)c1ccc(N(C)c2ccccc2)cn1. The molecule has 2 aromatic carbocycles. The zero-order chi connectivity index (χ0) is 19.2. The Labute approximate surface area is 157 Å². The number of pyridine rings is 1. The van der Waals surface area contributed by atoms with Crippen LogP contribution >= 0.6 is 0 Å². The summed E-state index contributed by atoms with van der Waals surface area (Å²) < 4.78 is 4.74. The van der Waals surface area contributed by atoms with Gasteiger partial charge in [-0.1, -0.05) is 30.3 Å².